The van der Waals surface area contributed by atoms with Crippen LogP contribution < -0.4 is 28.7 Å². The molecule has 6 aromatic carbocycles. The van der Waals surface area contributed by atoms with Gasteiger partial charge >= 0.3 is 0 Å². The SMILES string of the molecule is CCl.CCl.CN1/C(=C\c2cc(N3CCN(c4cc(/C=C5/Sc6ccccc6N5C)c5ccccc5[n+]4-c4ccccc4)CC3)[n+](-c3ccccc3)c3ccccc23)Sc2ccccc21. The Kier molecular flexibility index (Phi) is 13.2. The molecule has 0 saturated carbocycles. The standard InChI is InChI=1S/C52H44N6S2.2CH3Cl/c1-53-45-25-13-15-27-47(45)59-51(53)35-37-33-49(57(39-17-5-3-6-18-39)43-23-11-9-21-41(37)43)55-29-31-56(32-30-55)50-34-38(36-52-54(2)46-26-14-16-28-48(46)60-52)42-22-10-12-24-44(42)58(50)40-19-7-4-8-20-40;2*1-2/h3-28,33-36H,29-32H2,1-2H3;2*1H3/q+2;;. The van der Waals surface area contributed by atoms with Crippen LogP contribution >= 0.6 is 46.7 Å². The summed E-state index contributed by atoms with van der Waals surface area (Å²) in [6.07, 6.45) is 7.71. The molecule has 0 amide bonds. The van der Waals surface area contributed by atoms with Crippen LogP contribution in [-0.4, -0.2) is 53.0 Å². The number of halogens is 2. The molecular formula is C54H50Cl2N6S2+2. The van der Waals surface area contributed by atoms with E-state index in [1.165, 1.54) is 88.6 Å². The maximum atomic E-state index is 4.64. The lowest BCUT2D eigenvalue weighted by molar-refractivity contribution is -0.555. The first-order chi connectivity index (χ1) is 31.6. The zero-order valence-electron chi connectivity index (χ0n) is 36.4. The zero-order chi connectivity index (χ0) is 44.2. The molecule has 0 radical (unpaired) electrons. The average Bonchev–Trinajstić information content (AvgIpc) is 3.86. The van der Waals surface area contributed by atoms with Gasteiger partial charge < -0.3 is 9.80 Å². The second kappa shape index (κ2) is 19.5. The van der Waals surface area contributed by atoms with Gasteiger partial charge in [-0.25, -0.2) is 0 Å². The van der Waals surface area contributed by atoms with Crippen molar-refractivity contribution in [1.29, 1.82) is 0 Å². The highest BCUT2D eigenvalue weighted by Gasteiger charge is 2.35. The van der Waals surface area contributed by atoms with Gasteiger partial charge in [0.15, 0.2) is 0 Å². The van der Waals surface area contributed by atoms with E-state index in [1.54, 1.807) is 0 Å². The lowest BCUT2D eigenvalue weighted by Gasteiger charge is -2.30. The summed E-state index contributed by atoms with van der Waals surface area (Å²) in [5.74, 6) is 2.41. The van der Waals surface area contributed by atoms with Crippen molar-refractivity contribution in [3.05, 3.63) is 191 Å². The second-order valence-electron chi connectivity index (χ2n) is 15.5. The van der Waals surface area contributed by atoms with Crippen molar-refractivity contribution >= 4 is 104 Å². The van der Waals surface area contributed by atoms with Crippen molar-refractivity contribution in [3.63, 3.8) is 0 Å². The van der Waals surface area contributed by atoms with Gasteiger partial charge in [-0.2, -0.15) is 9.13 Å². The van der Waals surface area contributed by atoms with Crippen LogP contribution in [0.2, 0.25) is 0 Å². The van der Waals surface area contributed by atoms with Crippen LogP contribution in [0.5, 0.6) is 0 Å². The van der Waals surface area contributed by atoms with E-state index in [0.717, 1.165) is 37.6 Å². The van der Waals surface area contributed by atoms with E-state index < -0.39 is 0 Å². The van der Waals surface area contributed by atoms with Crippen molar-refractivity contribution in [2.45, 2.75) is 9.79 Å². The number of rotatable bonds is 6. The van der Waals surface area contributed by atoms with Gasteiger partial charge in [0.1, 0.15) is 48.6 Å². The highest BCUT2D eigenvalue weighted by Crippen LogP contribution is 2.47. The van der Waals surface area contributed by atoms with Crippen molar-refractivity contribution in [3.8, 4) is 11.4 Å². The molecule has 0 bridgehead atoms. The summed E-state index contributed by atoms with van der Waals surface area (Å²) in [4.78, 5) is 12.4. The first kappa shape index (κ1) is 43.4. The van der Waals surface area contributed by atoms with E-state index in [2.05, 4.69) is 248 Å². The monoisotopic (exact) mass is 916 g/mol. The third kappa shape index (κ3) is 8.20. The van der Waals surface area contributed by atoms with Crippen LogP contribution in [-0.2, 0) is 0 Å². The summed E-state index contributed by atoms with van der Waals surface area (Å²) in [6.45, 7) is 3.47. The summed E-state index contributed by atoms with van der Waals surface area (Å²) in [6, 6.07) is 61.7. The molecule has 64 heavy (non-hydrogen) atoms. The predicted molar refractivity (Wildman–Crippen MR) is 276 cm³/mol. The highest BCUT2D eigenvalue weighted by atomic mass is 35.5. The molecule has 10 heteroatoms. The second-order valence-corrected chi connectivity index (χ2v) is 17.6. The summed E-state index contributed by atoms with van der Waals surface area (Å²) >= 11 is 13.0. The van der Waals surface area contributed by atoms with Crippen LogP contribution in [0.4, 0.5) is 23.0 Å². The third-order valence-corrected chi connectivity index (χ3v) is 14.3. The molecule has 6 nitrogen and oxygen atoms in total. The van der Waals surface area contributed by atoms with Gasteiger partial charge in [-0.3, -0.25) is 9.80 Å². The Morgan fingerprint density at radius 3 is 1.17 bits per heavy atom. The predicted octanol–water partition coefficient (Wildman–Crippen LogP) is 12.7. The Morgan fingerprint density at radius 2 is 0.781 bits per heavy atom. The number of anilines is 4. The number of benzene rings is 6. The zero-order valence-corrected chi connectivity index (χ0v) is 39.5. The molecule has 320 valence electrons. The van der Waals surface area contributed by atoms with Crippen LogP contribution in [0.25, 0.3) is 45.3 Å². The minimum atomic E-state index is 0.868. The first-order valence-corrected chi connectivity index (χ1v) is 24.5. The maximum absolute atomic E-state index is 4.64. The number of hydrogen-bond donors (Lipinski definition) is 0. The molecule has 2 aromatic heterocycles. The van der Waals surface area contributed by atoms with Crippen molar-refractivity contribution in [1.82, 2.24) is 0 Å². The van der Waals surface area contributed by atoms with Gasteiger partial charge in [-0.15, -0.1) is 23.2 Å². The van der Waals surface area contributed by atoms with Gasteiger partial charge in [0, 0.05) is 59.6 Å². The molecule has 0 unspecified atom stereocenters. The number of piperazine rings is 1. The van der Waals surface area contributed by atoms with Crippen molar-refractivity contribution in [2.24, 2.45) is 0 Å². The number of alkyl halides is 2. The molecule has 0 spiro atoms. The molecule has 1 saturated heterocycles. The van der Waals surface area contributed by atoms with E-state index in [4.69, 9.17) is 0 Å². The molecule has 5 heterocycles. The normalized spacial score (nSPS) is 15.5. The van der Waals surface area contributed by atoms with E-state index in [-0.39, 0.29) is 0 Å². The Hall–Kier alpha value is -5.90. The molecule has 0 N–H and O–H groups in total. The molecule has 0 atom stereocenters. The van der Waals surface area contributed by atoms with Crippen LogP contribution in [0, 0.1) is 0 Å². The van der Waals surface area contributed by atoms with Crippen molar-refractivity contribution in [2.75, 3.05) is 72.6 Å². The summed E-state index contributed by atoms with van der Waals surface area (Å²) in [5, 5.41) is 4.93. The average molecular weight is 918 g/mol. The largest absolute Gasteiger partial charge is 0.338 e. The lowest BCUT2D eigenvalue weighted by Crippen LogP contribution is -2.53. The Labute approximate surface area is 395 Å². The van der Waals surface area contributed by atoms with Gasteiger partial charge in [0.25, 0.3) is 11.6 Å². The highest BCUT2D eigenvalue weighted by molar-refractivity contribution is 8.04. The van der Waals surface area contributed by atoms with Crippen LogP contribution in [0.15, 0.2) is 190 Å². The number of pyridine rings is 2. The van der Waals surface area contributed by atoms with Crippen LogP contribution in [0.1, 0.15) is 11.1 Å². The van der Waals surface area contributed by atoms with Gasteiger partial charge in [0.05, 0.1) is 21.4 Å². The Bertz CT molecular complexity index is 2800. The molecular weight excluding hydrogens is 868 g/mol. The summed E-state index contributed by atoms with van der Waals surface area (Å²) in [7, 11) is 4.36. The first-order valence-electron chi connectivity index (χ1n) is 21.4. The number of thioether (sulfide) groups is 2. The topological polar surface area (TPSA) is 20.7 Å². The van der Waals surface area contributed by atoms with E-state index in [1.807, 2.05) is 23.5 Å². The molecule has 11 rings (SSSR count). The molecule has 3 aliphatic heterocycles. The third-order valence-electron chi connectivity index (χ3n) is 12.0. The molecule has 8 aromatic rings. The Balaban J connectivity index is 0.00000126. The fourth-order valence-electron chi connectivity index (χ4n) is 8.96. The quantitative estimate of drug-likeness (QED) is 0.121. The maximum Gasteiger partial charge on any atom is 0.283 e. The minimum Gasteiger partial charge on any atom is -0.338 e. The van der Waals surface area contributed by atoms with Gasteiger partial charge in [0.2, 0.25) is 0 Å². The van der Waals surface area contributed by atoms with Crippen LogP contribution in [0.3, 0.4) is 0 Å². The molecule has 3 aliphatic rings. The summed E-state index contributed by atoms with van der Waals surface area (Å²) < 4.78 is 4.93. The fourth-order valence-corrected chi connectivity index (χ4v) is 11.2. The van der Waals surface area contributed by atoms with E-state index >= 15 is 0 Å². The van der Waals surface area contributed by atoms with E-state index in [9.17, 15) is 0 Å². The van der Waals surface area contributed by atoms with Gasteiger partial charge in [-0.05, 0) is 83.9 Å². The molecule has 1 fully saturated rings. The van der Waals surface area contributed by atoms with Crippen molar-refractivity contribution < 1.29 is 9.13 Å². The Morgan fingerprint density at radius 1 is 0.438 bits per heavy atom. The van der Waals surface area contributed by atoms with E-state index in [0.29, 0.717) is 0 Å². The minimum absolute atomic E-state index is 0.868. The number of nitrogens with zero attached hydrogens (tertiary/aromatic N) is 6. The molecule has 0 aliphatic carbocycles. The lowest BCUT2D eigenvalue weighted by atomic mass is 10.1. The number of fused-ring (bicyclic) bond motifs is 4. The number of hydrogen-bond acceptors (Lipinski definition) is 6. The number of aromatic nitrogens is 2. The number of para-hydroxylation sites is 6. The smallest absolute Gasteiger partial charge is 0.283 e. The fraction of sp³-hybridized carbons (Fsp3) is 0.148. The summed E-state index contributed by atoms with van der Waals surface area (Å²) in [5.41, 5.74) is 9.68. The van der Waals surface area contributed by atoms with Gasteiger partial charge in [-0.1, -0.05) is 121 Å².